The van der Waals surface area contributed by atoms with Crippen molar-refractivity contribution in [2.45, 2.75) is 51.4 Å². The van der Waals surface area contributed by atoms with E-state index in [4.69, 9.17) is 0 Å². The molecule has 1 aromatic rings. The summed E-state index contributed by atoms with van der Waals surface area (Å²) in [7, 11) is 0. The number of nitrogens with zero attached hydrogens (tertiary/aromatic N) is 3. The molecule has 0 radical (unpaired) electrons. The monoisotopic (exact) mass is 307 g/mol. The van der Waals surface area contributed by atoms with E-state index in [0.29, 0.717) is 18.7 Å². The summed E-state index contributed by atoms with van der Waals surface area (Å²) in [6, 6.07) is 0. The van der Waals surface area contributed by atoms with E-state index in [0.717, 1.165) is 36.2 Å². The summed E-state index contributed by atoms with van der Waals surface area (Å²) < 4.78 is 15.5. The zero-order valence-electron chi connectivity index (χ0n) is 12.9. The fourth-order valence-corrected chi connectivity index (χ4v) is 3.37. The SMILES string of the molecule is C=C(c1nn(CC(C)=O)c2c1CCC2)N1CCC(O)C(F)C1. The van der Waals surface area contributed by atoms with Crippen LogP contribution in [0.2, 0.25) is 0 Å². The Bertz CT molecular complexity index is 611. The molecule has 1 aromatic heterocycles. The summed E-state index contributed by atoms with van der Waals surface area (Å²) in [5.41, 5.74) is 3.75. The summed E-state index contributed by atoms with van der Waals surface area (Å²) >= 11 is 0. The van der Waals surface area contributed by atoms with Gasteiger partial charge in [0.2, 0.25) is 0 Å². The Morgan fingerprint density at radius 2 is 2.27 bits per heavy atom. The molecule has 1 saturated heterocycles. The first-order chi connectivity index (χ1) is 10.5. The van der Waals surface area contributed by atoms with Gasteiger partial charge in [-0.3, -0.25) is 9.48 Å². The topological polar surface area (TPSA) is 58.4 Å². The molecule has 0 aromatic carbocycles. The second kappa shape index (κ2) is 5.83. The van der Waals surface area contributed by atoms with E-state index in [1.54, 1.807) is 11.6 Å². The predicted octanol–water partition coefficient (Wildman–Crippen LogP) is 1.34. The van der Waals surface area contributed by atoms with Gasteiger partial charge >= 0.3 is 0 Å². The van der Waals surface area contributed by atoms with Crippen molar-refractivity contribution in [2.75, 3.05) is 13.1 Å². The van der Waals surface area contributed by atoms with Gasteiger partial charge in [0.05, 0.1) is 24.9 Å². The van der Waals surface area contributed by atoms with Gasteiger partial charge in [0, 0.05) is 17.8 Å². The van der Waals surface area contributed by atoms with E-state index in [-0.39, 0.29) is 18.9 Å². The number of ketones is 1. The molecule has 0 spiro atoms. The fraction of sp³-hybridized carbons (Fsp3) is 0.625. The Morgan fingerprint density at radius 1 is 1.50 bits per heavy atom. The van der Waals surface area contributed by atoms with E-state index < -0.39 is 12.3 Å². The number of rotatable bonds is 4. The molecule has 2 aliphatic rings. The van der Waals surface area contributed by atoms with Gasteiger partial charge in [-0.25, -0.2) is 4.39 Å². The third kappa shape index (κ3) is 2.67. The van der Waals surface area contributed by atoms with E-state index in [1.807, 2.05) is 4.90 Å². The molecule has 5 nitrogen and oxygen atoms in total. The molecule has 2 unspecified atom stereocenters. The molecule has 3 rings (SSSR count). The summed E-state index contributed by atoms with van der Waals surface area (Å²) in [6.45, 7) is 6.65. The molecule has 1 aliphatic heterocycles. The van der Waals surface area contributed by atoms with Crippen LogP contribution in [0.5, 0.6) is 0 Å². The van der Waals surface area contributed by atoms with E-state index >= 15 is 0 Å². The highest BCUT2D eigenvalue weighted by Gasteiger charge is 2.31. The molecule has 0 saturated carbocycles. The van der Waals surface area contributed by atoms with Crippen molar-refractivity contribution in [3.63, 3.8) is 0 Å². The quantitative estimate of drug-likeness (QED) is 0.912. The van der Waals surface area contributed by atoms with Gasteiger partial charge < -0.3 is 10.0 Å². The average molecular weight is 307 g/mol. The number of alkyl halides is 1. The summed E-state index contributed by atoms with van der Waals surface area (Å²) in [5.74, 6) is 0.0688. The Hall–Kier alpha value is -1.69. The number of aromatic nitrogens is 2. The van der Waals surface area contributed by atoms with Crippen LogP contribution in [0.3, 0.4) is 0 Å². The van der Waals surface area contributed by atoms with Gasteiger partial charge in [-0.05, 0) is 32.6 Å². The molecule has 1 aliphatic carbocycles. The second-order valence-electron chi connectivity index (χ2n) is 6.25. The zero-order valence-corrected chi connectivity index (χ0v) is 12.9. The van der Waals surface area contributed by atoms with Crippen LogP contribution in [0, 0.1) is 0 Å². The predicted molar refractivity (Wildman–Crippen MR) is 81.1 cm³/mol. The number of halogens is 1. The Balaban J connectivity index is 1.85. The molecule has 22 heavy (non-hydrogen) atoms. The minimum atomic E-state index is -1.25. The summed E-state index contributed by atoms with van der Waals surface area (Å²) in [6.07, 6.45) is 1.17. The fourth-order valence-electron chi connectivity index (χ4n) is 3.37. The minimum absolute atomic E-state index is 0.0688. The molecule has 120 valence electrons. The van der Waals surface area contributed by atoms with E-state index in [1.165, 1.54) is 0 Å². The van der Waals surface area contributed by atoms with Gasteiger partial charge in [-0.15, -0.1) is 0 Å². The Morgan fingerprint density at radius 3 is 2.95 bits per heavy atom. The van der Waals surface area contributed by atoms with Crippen molar-refractivity contribution in [1.82, 2.24) is 14.7 Å². The number of aliphatic hydroxyl groups excluding tert-OH is 1. The lowest BCUT2D eigenvalue weighted by molar-refractivity contribution is -0.117. The lowest BCUT2D eigenvalue weighted by Gasteiger charge is -2.34. The smallest absolute Gasteiger partial charge is 0.151 e. The van der Waals surface area contributed by atoms with Crippen LogP contribution < -0.4 is 0 Å². The van der Waals surface area contributed by atoms with Crippen molar-refractivity contribution in [1.29, 1.82) is 0 Å². The Kier molecular flexibility index (Phi) is 4.04. The molecular formula is C16H22FN3O2. The van der Waals surface area contributed by atoms with Gasteiger partial charge in [0.15, 0.2) is 5.78 Å². The highest BCUT2D eigenvalue weighted by Crippen LogP contribution is 2.32. The summed E-state index contributed by atoms with van der Waals surface area (Å²) in [4.78, 5) is 13.3. The van der Waals surface area contributed by atoms with Crippen molar-refractivity contribution < 1.29 is 14.3 Å². The van der Waals surface area contributed by atoms with Gasteiger partial charge in [0.25, 0.3) is 0 Å². The highest BCUT2D eigenvalue weighted by atomic mass is 19.1. The van der Waals surface area contributed by atoms with Crippen LogP contribution in [-0.2, 0) is 24.2 Å². The van der Waals surface area contributed by atoms with Gasteiger partial charge in [-0.1, -0.05) is 6.58 Å². The first-order valence-corrected chi connectivity index (χ1v) is 7.81. The van der Waals surface area contributed by atoms with Gasteiger partial charge in [0.1, 0.15) is 11.9 Å². The number of carbonyl (C=O) groups is 1. The minimum Gasteiger partial charge on any atom is -0.390 e. The van der Waals surface area contributed by atoms with Crippen molar-refractivity contribution >= 4 is 11.5 Å². The molecule has 0 amide bonds. The molecule has 1 N–H and O–H groups in total. The van der Waals surface area contributed by atoms with Crippen molar-refractivity contribution in [2.24, 2.45) is 0 Å². The molecule has 0 bridgehead atoms. The summed E-state index contributed by atoms with van der Waals surface area (Å²) in [5, 5.41) is 14.1. The molecule has 1 fully saturated rings. The molecule has 2 atom stereocenters. The van der Waals surface area contributed by atoms with Crippen LogP contribution in [0.25, 0.3) is 5.70 Å². The van der Waals surface area contributed by atoms with E-state index in [9.17, 15) is 14.3 Å². The van der Waals surface area contributed by atoms with Crippen molar-refractivity contribution in [3.8, 4) is 0 Å². The molecular weight excluding hydrogens is 285 g/mol. The number of hydrogen-bond donors (Lipinski definition) is 1. The maximum absolute atomic E-state index is 13.8. The van der Waals surface area contributed by atoms with Crippen LogP contribution in [-0.4, -0.2) is 50.9 Å². The Labute approximate surface area is 129 Å². The second-order valence-corrected chi connectivity index (χ2v) is 6.25. The number of carbonyl (C=O) groups excluding carboxylic acids is 1. The van der Waals surface area contributed by atoms with Gasteiger partial charge in [-0.2, -0.15) is 5.10 Å². The average Bonchev–Trinajstić information content (AvgIpc) is 3.04. The van der Waals surface area contributed by atoms with Crippen LogP contribution in [0.4, 0.5) is 4.39 Å². The standard InChI is InChI=1S/C16H22FN3O2/c1-10(21)8-20-14-5-3-4-12(14)16(18-20)11(2)19-7-6-15(22)13(17)9-19/h13,15,22H,2-9H2,1H3. The normalized spacial score (nSPS) is 24.4. The van der Waals surface area contributed by atoms with E-state index in [2.05, 4.69) is 11.7 Å². The number of aliphatic hydroxyl groups is 1. The maximum atomic E-state index is 13.8. The number of likely N-dealkylation sites (tertiary alicyclic amines) is 1. The number of fused-ring (bicyclic) bond motifs is 1. The third-order valence-electron chi connectivity index (χ3n) is 4.54. The molecule has 6 heteroatoms. The van der Waals surface area contributed by atoms with Crippen LogP contribution in [0.1, 0.15) is 36.7 Å². The first-order valence-electron chi connectivity index (χ1n) is 7.81. The van der Waals surface area contributed by atoms with Crippen molar-refractivity contribution in [3.05, 3.63) is 23.5 Å². The van der Waals surface area contributed by atoms with Crippen LogP contribution in [0.15, 0.2) is 6.58 Å². The highest BCUT2D eigenvalue weighted by molar-refractivity contribution is 5.75. The first kappa shape index (κ1) is 15.2. The lowest BCUT2D eigenvalue weighted by Crippen LogP contribution is -2.43. The van der Waals surface area contributed by atoms with Crippen LogP contribution >= 0.6 is 0 Å². The zero-order chi connectivity index (χ0) is 15.9. The number of Topliss-reactive ketones (excluding diaryl/α,β-unsaturated/α-hetero) is 1. The number of piperidine rings is 1. The maximum Gasteiger partial charge on any atom is 0.151 e. The molecule has 2 heterocycles. The number of hydrogen-bond acceptors (Lipinski definition) is 4. The third-order valence-corrected chi connectivity index (χ3v) is 4.54. The largest absolute Gasteiger partial charge is 0.390 e. The lowest BCUT2D eigenvalue weighted by atomic mass is 10.0.